The maximum absolute atomic E-state index is 8.97. The summed E-state index contributed by atoms with van der Waals surface area (Å²) in [5.74, 6) is 0. The number of aromatic nitrogens is 2. The number of nitrogens with zero attached hydrogens (tertiary/aromatic N) is 2. The molecule has 1 rings (SSSR count). The van der Waals surface area contributed by atoms with Crippen molar-refractivity contribution >= 4 is 7.48 Å². The lowest BCUT2D eigenvalue weighted by Gasteiger charge is -2.41. The zero-order valence-electron chi connectivity index (χ0n) is 10.3. The van der Waals surface area contributed by atoms with Gasteiger partial charge in [-0.15, -0.1) is 0 Å². The molecule has 0 saturated heterocycles. The van der Waals surface area contributed by atoms with Gasteiger partial charge < -0.3 is 5.02 Å². The smallest absolute Gasteiger partial charge is 0.287 e. The van der Waals surface area contributed by atoms with E-state index in [0.29, 0.717) is 6.32 Å². The molecule has 0 aromatic carbocycles. The topological polar surface area (TPSA) is 38.0 Å². The van der Waals surface area contributed by atoms with Gasteiger partial charge in [-0.1, -0.05) is 27.7 Å². The van der Waals surface area contributed by atoms with E-state index < -0.39 is 0 Å². The van der Waals surface area contributed by atoms with Crippen molar-refractivity contribution in [3.63, 3.8) is 0 Å². The van der Waals surface area contributed by atoms with Crippen LogP contribution in [0, 0.1) is 5.41 Å². The van der Waals surface area contributed by atoms with E-state index in [1.807, 2.05) is 24.1 Å². The second kappa shape index (κ2) is 4.01. The van der Waals surface area contributed by atoms with Gasteiger partial charge >= 0.3 is 0 Å². The summed E-state index contributed by atoms with van der Waals surface area (Å²) in [6.07, 6.45) is 4.62. The number of hydrogen-bond acceptors (Lipinski definition) is 2. The lowest BCUT2D eigenvalue weighted by Crippen LogP contribution is -2.37. The van der Waals surface area contributed by atoms with Crippen LogP contribution in [0.25, 0.3) is 0 Å². The van der Waals surface area contributed by atoms with Crippen LogP contribution in [0.3, 0.4) is 0 Å². The fourth-order valence-corrected chi connectivity index (χ4v) is 1.62. The van der Waals surface area contributed by atoms with Crippen molar-refractivity contribution in [3.05, 3.63) is 18.0 Å². The molecule has 0 aliphatic heterocycles. The highest BCUT2D eigenvalue weighted by molar-refractivity contribution is 6.25. The zero-order chi connectivity index (χ0) is 11.7. The third-order valence-electron chi connectivity index (χ3n) is 3.72. The predicted molar refractivity (Wildman–Crippen MR) is 62.8 cm³/mol. The molecular weight excluding hydrogens is 187 g/mol. The Morgan fingerprint density at radius 1 is 1.40 bits per heavy atom. The van der Waals surface area contributed by atoms with E-state index in [1.54, 1.807) is 0 Å². The first-order valence-electron chi connectivity index (χ1n) is 5.26. The summed E-state index contributed by atoms with van der Waals surface area (Å²) in [4.78, 5) is 0. The van der Waals surface area contributed by atoms with Crippen molar-refractivity contribution in [2.45, 2.75) is 39.4 Å². The Bertz CT molecular complexity index is 331. The fourth-order valence-electron chi connectivity index (χ4n) is 1.62. The van der Waals surface area contributed by atoms with Crippen LogP contribution in [-0.4, -0.2) is 22.3 Å². The van der Waals surface area contributed by atoms with Gasteiger partial charge in [-0.25, -0.2) is 0 Å². The first-order valence-corrected chi connectivity index (χ1v) is 5.26. The minimum absolute atomic E-state index is 0.00475. The Labute approximate surface area is 92.8 Å². The molecule has 0 fully saturated rings. The molecule has 4 heteroatoms. The van der Waals surface area contributed by atoms with Gasteiger partial charge in [-0.05, 0) is 22.7 Å². The Balaban J connectivity index is 3.00. The normalized spacial score (nSPS) is 12.9. The second-order valence-electron chi connectivity index (χ2n) is 5.30. The molecule has 1 radical (unpaired) electrons. The number of aryl methyl sites for hydroxylation is 1. The average Bonchev–Trinajstić information content (AvgIpc) is 2.51. The summed E-state index contributed by atoms with van der Waals surface area (Å²) < 4.78 is 1.82. The van der Waals surface area contributed by atoms with Crippen LogP contribution < -0.4 is 0 Å². The van der Waals surface area contributed by atoms with E-state index in [4.69, 9.17) is 5.02 Å². The van der Waals surface area contributed by atoms with Crippen LogP contribution in [0.2, 0.25) is 6.32 Å². The summed E-state index contributed by atoms with van der Waals surface area (Å²) in [6.45, 7) is 8.69. The molecule has 1 N–H and O–H groups in total. The molecule has 3 nitrogen and oxygen atoms in total. The molecule has 0 saturated carbocycles. The molecule has 0 aliphatic rings. The second-order valence-corrected chi connectivity index (χ2v) is 5.30. The van der Waals surface area contributed by atoms with Crippen LogP contribution in [-0.2, 0) is 12.5 Å². The first kappa shape index (κ1) is 12.3. The van der Waals surface area contributed by atoms with Gasteiger partial charge in [0.2, 0.25) is 0 Å². The van der Waals surface area contributed by atoms with Crippen LogP contribution in [0.1, 0.15) is 33.3 Å². The van der Waals surface area contributed by atoms with E-state index in [0.717, 1.165) is 0 Å². The maximum Gasteiger partial charge on any atom is 0.287 e. The summed E-state index contributed by atoms with van der Waals surface area (Å²) in [5, 5.41) is 13.2. The van der Waals surface area contributed by atoms with Crippen LogP contribution in [0.5, 0.6) is 0 Å². The van der Waals surface area contributed by atoms with E-state index in [2.05, 4.69) is 32.8 Å². The van der Waals surface area contributed by atoms with Crippen LogP contribution in [0.15, 0.2) is 12.4 Å². The van der Waals surface area contributed by atoms with Crippen molar-refractivity contribution in [2.75, 3.05) is 0 Å². The van der Waals surface area contributed by atoms with Gasteiger partial charge in [0.25, 0.3) is 7.48 Å². The maximum atomic E-state index is 8.97. The van der Waals surface area contributed by atoms with Gasteiger partial charge in [0.1, 0.15) is 0 Å². The SMILES string of the molecule is Cn1cc(C(C)(C)C(C)(C)C[B]O)cn1. The minimum Gasteiger partial charge on any atom is -0.454 e. The molecule has 15 heavy (non-hydrogen) atoms. The fraction of sp³-hybridized carbons (Fsp3) is 0.727. The average molecular weight is 207 g/mol. The van der Waals surface area contributed by atoms with Gasteiger partial charge in [0.05, 0.1) is 6.20 Å². The number of hydrogen-bond donors (Lipinski definition) is 1. The minimum atomic E-state index is -0.0134. The van der Waals surface area contributed by atoms with Crippen LogP contribution in [0.4, 0.5) is 0 Å². The molecule has 0 spiro atoms. The highest BCUT2D eigenvalue weighted by Gasteiger charge is 2.38. The lowest BCUT2D eigenvalue weighted by atomic mass is 9.58. The highest BCUT2D eigenvalue weighted by Crippen LogP contribution is 2.43. The molecule has 1 aromatic rings. The molecule has 0 bridgehead atoms. The van der Waals surface area contributed by atoms with Crippen molar-refractivity contribution in [1.29, 1.82) is 0 Å². The third kappa shape index (κ3) is 2.25. The molecule has 1 heterocycles. The Kier molecular flexibility index (Phi) is 3.29. The van der Waals surface area contributed by atoms with Gasteiger partial charge in [-0.2, -0.15) is 5.10 Å². The summed E-state index contributed by atoms with van der Waals surface area (Å²) in [7, 11) is 3.17. The standard InChI is InChI=1S/C11H20BN2O/c1-10(2,8-12-15)11(3,4)9-6-13-14(5)7-9/h6-7,15H,8H2,1-5H3. The van der Waals surface area contributed by atoms with E-state index in [-0.39, 0.29) is 10.8 Å². The highest BCUT2D eigenvalue weighted by atomic mass is 16.2. The van der Waals surface area contributed by atoms with E-state index >= 15 is 0 Å². The molecule has 0 amide bonds. The molecular formula is C11H20BN2O. The first-order chi connectivity index (χ1) is 6.81. The van der Waals surface area contributed by atoms with Gasteiger partial charge in [0, 0.05) is 13.2 Å². The molecule has 0 aliphatic carbocycles. The van der Waals surface area contributed by atoms with E-state index in [1.165, 1.54) is 13.0 Å². The van der Waals surface area contributed by atoms with Gasteiger partial charge in [0.15, 0.2) is 0 Å². The summed E-state index contributed by atoms with van der Waals surface area (Å²) in [5.41, 5.74) is 1.20. The van der Waals surface area contributed by atoms with Crippen molar-refractivity contribution in [3.8, 4) is 0 Å². The summed E-state index contributed by atoms with van der Waals surface area (Å²) >= 11 is 0. The Morgan fingerprint density at radius 2 is 2.00 bits per heavy atom. The number of rotatable bonds is 4. The predicted octanol–water partition coefficient (Wildman–Crippen LogP) is 1.75. The molecule has 83 valence electrons. The Hall–Kier alpha value is -0.765. The zero-order valence-corrected chi connectivity index (χ0v) is 10.3. The Morgan fingerprint density at radius 3 is 2.40 bits per heavy atom. The van der Waals surface area contributed by atoms with Gasteiger partial charge in [-0.3, -0.25) is 4.68 Å². The molecule has 0 unspecified atom stereocenters. The van der Waals surface area contributed by atoms with Crippen molar-refractivity contribution in [2.24, 2.45) is 12.5 Å². The molecule has 1 aromatic heterocycles. The molecule has 0 atom stereocenters. The summed E-state index contributed by atoms with van der Waals surface area (Å²) in [6, 6.07) is 0. The van der Waals surface area contributed by atoms with Crippen molar-refractivity contribution < 1.29 is 5.02 Å². The largest absolute Gasteiger partial charge is 0.454 e. The van der Waals surface area contributed by atoms with E-state index in [9.17, 15) is 0 Å². The van der Waals surface area contributed by atoms with Crippen molar-refractivity contribution in [1.82, 2.24) is 9.78 Å². The monoisotopic (exact) mass is 207 g/mol. The quantitative estimate of drug-likeness (QED) is 0.764. The third-order valence-corrected chi connectivity index (χ3v) is 3.72. The van der Waals surface area contributed by atoms with Crippen LogP contribution >= 0.6 is 0 Å². The lowest BCUT2D eigenvalue weighted by molar-refractivity contribution is 0.220.